The van der Waals surface area contributed by atoms with Crippen LogP contribution in [0.2, 0.25) is 0 Å². The number of unbranched alkanes of at least 4 members (excludes halogenated alkanes) is 14. The lowest BCUT2D eigenvalue weighted by Gasteiger charge is -2.23. The molecule has 0 spiro atoms. The van der Waals surface area contributed by atoms with Crippen molar-refractivity contribution in [2.45, 2.75) is 122 Å². The van der Waals surface area contributed by atoms with Crippen molar-refractivity contribution in [1.82, 2.24) is 4.90 Å². The molecule has 35 heavy (non-hydrogen) atoms. The zero-order valence-corrected chi connectivity index (χ0v) is 21.7. The Bertz CT molecular complexity index is 755. The van der Waals surface area contributed by atoms with E-state index in [1.165, 1.54) is 88.0 Å². The quantitative estimate of drug-likeness (QED) is 0.154. The lowest BCUT2D eigenvalue weighted by Crippen LogP contribution is -2.41. The van der Waals surface area contributed by atoms with E-state index in [4.69, 9.17) is 4.74 Å². The summed E-state index contributed by atoms with van der Waals surface area (Å²) in [5.41, 5.74) is 0.0472. The third-order valence-corrected chi connectivity index (χ3v) is 6.94. The van der Waals surface area contributed by atoms with Crippen LogP contribution in [-0.4, -0.2) is 36.0 Å². The van der Waals surface area contributed by atoms with Gasteiger partial charge < -0.3 is 9.64 Å². The predicted molar refractivity (Wildman–Crippen MR) is 136 cm³/mol. The van der Waals surface area contributed by atoms with Crippen LogP contribution in [0.15, 0.2) is 18.2 Å². The van der Waals surface area contributed by atoms with Crippen molar-refractivity contribution in [3.05, 3.63) is 35.4 Å². The van der Waals surface area contributed by atoms with E-state index in [0.717, 1.165) is 31.4 Å². The van der Waals surface area contributed by atoms with Crippen LogP contribution in [0.4, 0.5) is 8.78 Å². The van der Waals surface area contributed by atoms with E-state index >= 15 is 0 Å². The summed E-state index contributed by atoms with van der Waals surface area (Å²) >= 11 is 0. The minimum Gasteiger partial charge on any atom is -0.464 e. The van der Waals surface area contributed by atoms with Gasteiger partial charge in [0.05, 0.1) is 6.61 Å². The minimum atomic E-state index is -1.07. The van der Waals surface area contributed by atoms with Gasteiger partial charge in [-0.1, -0.05) is 96.8 Å². The van der Waals surface area contributed by atoms with Gasteiger partial charge in [-0.2, -0.15) is 0 Å². The van der Waals surface area contributed by atoms with Crippen LogP contribution in [0.25, 0.3) is 0 Å². The van der Waals surface area contributed by atoms with Gasteiger partial charge >= 0.3 is 5.97 Å². The lowest BCUT2D eigenvalue weighted by atomic mass is 10.0. The molecule has 4 nitrogen and oxygen atoms in total. The molecule has 0 aliphatic carbocycles. The summed E-state index contributed by atoms with van der Waals surface area (Å²) < 4.78 is 32.1. The molecule has 1 fully saturated rings. The number of nitrogens with zero attached hydrogens (tertiary/aromatic N) is 1. The maximum Gasteiger partial charge on any atom is 0.328 e. The summed E-state index contributed by atoms with van der Waals surface area (Å²) in [4.78, 5) is 26.6. The number of likely N-dealkylation sites (tertiary alicyclic amines) is 1. The van der Waals surface area contributed by atoms with E-state index in [1.54, 1.807) is 0 Å². The number of amides is 1. The number of esters is 1. The Morgan fingerprint density at radius 2 is 1.37 bits per heavy atom. The first-order valence-electron chi connectivity index (χ1n) is 14.0. The number of halogens is 2. The zero-order valence-electron chi connectivity index (χ0n) is 21.7. The van der Waals surface area contributed by atoms with Gasteiger partial charge in [0.25, 0.3) is 5.91 Å². The molecule has 1 saturated heterocycles. The zero-order chi connectivity index (χ0) is 25.3. The van der Waals surface area contributed by atoms with Gasteiger partial charge in [0.15, 0.2) is 11.6 Å². The predicted octanol–water partition coefficient (Wildman–Crippen LogP) is 7.98. The van der Waals surface area contributed by atoms with Crippen LogP contribution in [-0.2, 0) is 9.53 Å². The Labute approximate surface area is 210 Å². The van der Waals surface area contributed by atoms with Crippen LogP contribution >= 0.6 is 0 Å². The molecular formula is C29H45F2NO3. The van der Waals surface area contributed by atoms with Gasteiger partial charge in [-0.05, 0) is 37.5 Å². The van der Waals surface area contributed by atoms with Crippen molar-refractivity contribution in [2.75, 3.05) is 13.2 Å². The van der Waals surface area contributed by atoms with Gasteiger partial charge in [0.2, 0.25) is 0 Å². The van der Waals surface area contributed by atoms with E-state index in [9.17, 15) is 18.4 Å². The normalized spacial score (nSPS) is 15.5. The van der Waals surface area contributed by atoms with Crippen molar-refractivity contribution >= 4 is 11.9 Å². The summed E-state index contributed by atoms with van der Waals surface area (Å²) in [6.45, 7) is 3.03. The van der Waals surface area contributed by atoms with Crippen LogP contribution in [0.5, 0.6) is 0 Å². The highest BCUT2D eigenvalue weighted by Crippen LogP contribution is 2.22. The third-order valence-electron chi connectivity index (χ3n) is 6.94. The van der Waals surface area contributed by atoms with E-state index < -0.39 is 29.6 Å². The van der Waals surface area contributed by atoms with Crippen molar-refractivity contribution in [2.24, 2.45) is 0 Å². The Balaban J connectivity index is 1.49. The molecule has 0 bridgehead atoms. The highest BCUT2D eigenvalue weighted by Gasteiger charge is 2.35. The molecule has 1 aliphatic rings. The number of ether oxygens (including phenoxy) is 1. The first-order chi connectivity index (χ1) is 17.0. The SMILES string of the molecule is CCCCCCCCCCCCCCCCCOC(=O)C1CCCN1C(=O)c1ccc(F)c(F)c1. The maximum atomic E-state index is 13.5. The molecular weight excluding hydrogens is 448 g/mol. The van der Waals surface area contributed by atoms with Crippen LogP contribution in [0.3, 0.4) is 0 Å². The largest absolute Gasteiger partial charge is 0.464 e. The molecule has 0 aromatic heterocycles. The van der Waals surface area contributed by atoms with Gasteiger partial charge in [-0.25, -0.2) is 13.6 Å². The second-order valence-corrected chi connectivity index (χ2v) is 9.90. The molecule has 1 heterocycles. The average Bonchev–Trinajstić information content (AvgIpc) is 3.35. The molecule has 1 atom stereocenters. The van der Waals surface area contributed by atoms with E-state index in [0.29, 0.717) is 26.0 Å². The third kappa shape index (κ3) is 11.1. The highest BCUT2D eigenvalue weighted by molar-refractivity contribution is 5.97. The van der Waals surface area contributed by atoms with E-state index in [1.807, 2.05) is 0 Å². The first kappa shape index (κ1) is 29.3. The highest BCUT2D eigenvalue weighted by atomic mass is 19.2. The number of hydrogen-bond acceptors (Lipinski definition) is 3. The lowest BCUT2D eigenvalue weighted by molar-refractivity contribution is -0.148. The Kier molecular flexibility index (Phi) is 14.6. The summed E-state index contributed by atoms with van der Waals surface area (Å²) in [6.07, 6.45) is 20.4. The second-order valence-electron chi connectivity index (χ2n) is 9.90. The molecule has 0 N–H and O–H groups in total. The van der Waals surface area contributed by atoms with Crippen molar-refractivity contribution in [1.29, 1.82) is 0 Å². The molecule has 2 rings (SSSR count). The van der Waals surface area contributed by atoms with Crippen molar-refractivity contribution in [3.63, 3.8) is 0 Å². The Hall–Kier alpha value is -1.98. The molecule has 198 valence electrons. The second kappa shape index (κ2) is 17.4. The number of hydrogen-bond donors (Lipinski definition) is 0. The number of carbonyl (C=O) groups is 2. The van der Waals surface area contributed by atoms with Crippen LogP contribution in [0.1, 0.15) is 126 Å². The minimum absolute atomic E-state index is 0.0472. The molecule has 1 aromatic rings. The average molecular weight is 494 g/mol. The maximum absolute atomic E-state index is 13.5. The Morgan fingerprint density at radius 3 is 1.91 bits per heavy atom. The molecule has 1 aliphatic heterocycles. The number of carbonyl (C=O) groups excluding carboxylic acids is 2. The Morgan fingerprint density at radius 1 is 0.829 bits per heavy atom. The molecule has 1 aromatic carbocycles. The van der Waals surface area contributed by atoms with E-state index in [2.05, 4.69) is 6.92 Å². The molecule has 0 radical (unpaired) electrons. The number of rotatable bonds is 18. The first-order valence-corrected chi connectivity index (χ1v) is 14.0. The van der Waals surface area contributed by atoms with Crippen LogP contribution in [0, 0.1) is 11.6 Å². The standard InChI is InChI=1S/C29H45F2NO3/c1-2-3-4-5-6-7-8-9-10-11-12-13-14-15-16-22-35-29(34)27-18-17-21-32(27)28(33)24-19-20-25(30)26(31)23-24/h19-20,23,27H,2-18,21-22H2,1H3. The van der Waals surface area contributed by atoms with Gasteiger partial charge in [0.1, 0.15) is 6.04 Å². The summed E-state index contributed by atoms with van der Waals surface area (Å²) in [7, 11) is 0. The monoisotopic (exact) mass is 493 g/mol. The fraction of sp³-hybridized carbons (Fsp3) is 0.724. The summed E-state index contributed by atoms with van der Waals surface area (Å²) in [6, 6.07) is 2.42. The summed E-state index contributed by atoms with van der Waals surface area (Å²) in [5, 5.41) is 0. The van der Waals surface area contributed by atoms with Crippen molar-refractivity contribution < 1.29 is 23.1 Å². The van der Waals surface area contributed by atoms with Crippen LogP contribution < -0.4 is 0 Å². The fourth-order valence-corrected chi connectivity index (χ4v) is 4.79. The van der Waals surface area contributed by atoms with Gasteiger partial charge in [0, 0.05) is 12.1 Å². The number of benzene rings is 1. The molecule has 0 saturated carbocycles. The molecule has 1 unspecified atom stereocenters. The smallest absolute Gasteiger partial charge is 0.328 e. The molecule has 6 heteroatoms. The molecule has 1 amide bonds. The van der Waals surface area contributed by atoms with Gasteiger partial charge in [-0.3, -0.25) is 4.79 Å². The van der Waals surface area contributed by atoms with Crippen molar-refractivity contribution in [3.8, 4) is 0 Å². The topological polar surface area (TPSA) is 46.6 Å². The fourth-order valence-electron chi connectivity index (χ4n) is 4.79. The van der Waals surface area contributed by atoms with E-state index in [-0.39, 0.29) is 5.56 Å². The summed E-state index contributed by atoms with van der Waals surface area (Å²) in [5.74, 6) is -2.93. The van der Waals surface area contributed by atoms with Gasteiger partial charge in [-0.15, -0.1) is 0 Å².